The summed E-state index contributed by atoms with van der Waals surface area (Å²) in [6.45, 7) is 2.01. The van der Waals surface area contributed by atoms with Crippen molar-refractivity contribution in [2.75, 3.05) is 7.11 Å². The monoisotopic (exact) mass is 281 g/mol. The Hall–Kier alpha value is -1.36. The van der Waals surface area contributed by atoms with Gasteiger partial charge in [-0.15, -0.1) is 5.10 Å². The Kier molecular flexibility index (Phi) is 3.24. The molecular formula is C11H12BrN3O. The molecular weight excluding hydrogens is 270 g/mol. The number of hydrogen-bond donors (Lipinski definition) is 0. The summed E-state index contributed by atoms with van der Waals surface area (Å²) in [5.74, 6) is 0.807. The van der Waals surface area contributed by atoms with E-state index < -0.39 is 0 Å². The van der Waals surface area contributed by atoms with Crippen molar-refractivity contribution >= 4 is 15.9 Å². The van der Waals surface area contributed by atoms with Crippen LogP contribution in [0.25, 0.3) is 5.69 Å². The molecule has 1 aromatic carbocycles. The Morgan fingerprint density at radius 3 is 2.88 bits per heavy atom. The lowest BCUT2D eigenvalue weighted by molar-refractivity contribution is 0.414. The number of hydrogen-bond acceptors (Lipinski definition) is 3. The van der Waals surface area contributed by atoms with Gasteiger partial charge in [-0.1, -0.05) is 27.2 Å². The molecule has 0 aliphatic rings. The third kappa shape index (κ3) is 2.24. The number of aromatic nitrogens is 3. The first-order valence-electron chi connectivity index (χ1n) is 4.91. The first kappa shape index (κ1) is 11.1. The number of nitrogens with zero attached hydrogens (tertiary/aromatic N) is 3. The highest BCUT2D eigenvalue weighted by molar-refractivity contribution is 9.09. The van der Waals surface area contributed by atoms with Crippen molar-refractivity contribution in [3.05, 3.63) is 36.2 Å². The normalized spacial score (nSPS) is 12.4. The number of benzene rings is 1. The van der Waals surface area contributed by atoms with Gasteiger partial charge in [0, 0.05) is 6.07 Å². The van der Waals surface area contributed by atoms with Crippen LogP contribution in [-0.2, 0) is 0 Å². The zero-order valence-electron chi connectivity index (χ0n) is 9.09. The van der Waals surface area contributed by atoms with Gasteiger partial charge in [-0.05, 0) is 19.1 Å². The van der Waals surface area contributed by atoms with E-state index in [-0.39, 0.29) is 4.83 Å². The Morgan fingerprint density at radius 1 is 1.44 bits per heavy atom. The van der Waals surface area contributed by atoms with Crippen LogP contribution < -0.4 is 4.74 Å². The third-order valence-corrected chi connectivity index (χ3v) is 2.71. The molecule has 16 heavy (non-hydrogen) atoms. The molecule has 0 spiro atoms. The van der Waals surface area contributed by atoms with Gasteiger partial charge in [-0.3, -0.25) is 0 Å². The van der Waals surface area contributed by atoms with Crippen molar-refractivity contribution in [3.8, 4) is 11.4 Å². The van der Waals surface area contributed by atoms with Crippen LogP contribution in [0.4, 0.5) is 0 Å². The summed E-state index contributed by atoms with van der Waals surface area (Å²) in [6.07, 6.45) is 1.90. The maximum absolute atomic E-state index is 5.16. The zero-order valence-corrected chi connectivity index (χ0v) is 10.7. The maximum atomic E-state index is 5.16. The average Bonchev–Trinajstić information content (AvgIpc) is 2.78. The fraction of sp³-hybridized carbons (Fsp3) is 0.273. The largest absolute Gasteiger partial charge is 0.497 e. The summed E-state index contributed by atoms with van der Waals surface area (Å²) in [5.41, 5.74) is 1.84. The number of alkyl halides is 1. The van der Waals surface area contributed by atoms with Gasteiger partial charge in [-0.25, -0.2) is 4.68 Å². The molecule has 84 valence electrons. The lowest BCUT2D eigenvalue weighted by atomic mass is 10.3. The Labute approximate surface area is 102 Å². The molecule has 1 aromatic heterocycles. The molecule has 0 aliphatic heterocycles. The maximum Gasteiger partial charge on any atom is 0.121 e. The third-order valence-electron chi connectivity index (χ3n) is 2.24. The van der Waals surface area contributed by atoms with Gasteiger partial charge < -0.3 is 4.74 Å². The molecule has 0 bridgehead atoms. The van der Waals surface area contributed by atoms with Crippen LogP contribution in [0.3, 0.4) is 0 Å². The molecule has 1 heterocycles. The van der Waals surface area contributed by atoms with Gasteiger partial charge >= 0.3 is 0 Å². The van der Waals surface area contributed by atoms with Gasteiger partial charge in [0.1, 0.15) is 5.75 Å². The van der Waals surface area contributed by atoms with Crippen LogP contribution in [-0.4, -0.2) is 22.1 Å². The van der Waals surface area contributed by atoms with E-state index in [1.54, 1.807) is 11.8 Å². The van der Waals surface area contributed by atoms with Crippen molar-refractivity contribution in [3.63, 3.8) is 0 Å². The minimum Gasteiger partial charge on any atom is -0.497 e. The average molecular weight is 282 g/mol. The Bertz CT molecular complexity index is 482. The smallest absolute Gasteiger partial charge is 0.121 e. The van der Waals surface area contributed by atoms with E-state index in [2.05, 4.69) is 26.2 Å². The molecule has 0 aliphatic carbocycles. The highest BCUT2D eigenvalue weighted by atomic mass is 79.9. The highest BCUT2D eigenvalue weighted by Gasteiger charge is 2.07. The van der Waals surface area contributed by atoms with E-state index >= 15 is 0 Å². The zero-order chi connectivity index (χ0) is 11.5. The second kappa shape index (κ2) is 4.65. The van der Waals surface area contributed by atoms with Gasteiger partial charge in [0.2, 0.25) is 0 Å². The van der Waals surface area contributed by atoms with E-state index in [1.807, 2.05) is 37.4 Å². The van der Waals surface area contributed by atoms with Crippen LogP contribution in [0.2, 0.25) is 0 Å². The first-order chi connectivity index (χ1) is 7.70. The van der Waals surface area contributed by atoms with E-state index in [4.69, 9.17) is 4.74 Å². The number of rotatable bonds is 3. The van der Waals surface area contributed by atoms with Gasteiger partial charge in [0.05, 0.1) is 29.5 Å². The molecule has 2 aromatic rings. The van der Waals surface area contributed by atoms with E-state index in [9.17, 15) is 0 Å². The predicted octanol–water partition coefficient (Wildman–Crippen LogP) is 2.73. The molecule has 0 saturated heterocycles. The second-order valence-electron chi connectivity index (χ2n) is 3.41. The summed E-state index contributed by atoms with van der Waals surface area (Å²) in [7, 11) is 1.65. The van der Waals surface area contributed by atoms with Gasteiger partial charge in [0.25, 0.3) is 0 Å². The topological polar surface area (TPSA) is 39.9 Å². The molecule has 0 fully saturated rings. The molecule has 0 N–H and O–H groups in total. The standard InChI is InChI=1S/C11H12BrN3O/c1-8(12)11-7-15(14-13-11)9-4-3-5-10(6-9)16-2/h3-8H,1-2H3. The fourth-order valence-electron chi connectivity index (χ4n) is 1.34. The Balaban J connectivity index is 2.34. The Morgan fingerprint density at radius 2 is 2.25 bits per heavy atom. The van der Waals surface area contributed by atoms with E-state index in [0.29, 0.717) is 0 Å². The first-order valence-corrected chi connectivity index (χ1v) is 5.83. The van der Waals surface area contributed by atoms with Gasteiger partial charge in [-0.2, -0.15) is 0 Å². The van der Waals surface area contributed by atoms with E-state index in [0.717, 1.165) is 17.1 Å². The van der Waals surface area contributed by atoms with Crippen molar-refractivity contribution in [2.24, 2.45) is 0 Å². The van der Waals surface area contributed by atoms with Crippen molar-refractivity contribution in [1.82, 2.24) is 15.0 Å². The summed E-state index contributed by atoms with van der Waals surface area (Å²) in [5, 5.41) is 8.14. The molecule has 1 atom stereocenters. The minimum atomic E-state index is 0.201. The fourth-order valence-corrected chi connectivity index (χ4v) is 1.55. The van der Waals surface area contributed by atoms with Gasteiger partial charge in [0.15, 0.2) is 0 Å². The van der Waals surface area contributed by atoms with Crippen LogP contribution in [0.15, 0.2) is 30.5 Å². The summed E-state index contributed by atoms with van der Waals surface area (Å²) in [4.78, 5) is 0.201. The minimum absolute atomic E-state index is 0.201. The lowest BCUT2D eigenvalue weighted by Gasteiger charge is -2.03. The predicted molar refractivity (Wildman–Crippen MR) is 65.3 cm³/mol. The molecule has 1 unspecified atom stereocenters. The summed E-state index contributed by atoms with van der Waals surface area (Å²) in [6, 6.07) is 7.69. The summed E-state index contributed by atoms with van der Waals surface area (Å²) < 4.78 is 6.89. The van der Waals surface area contributed by atoms with Crippen LogP contribution in [0.1, 0.15) is 17.4 Å². The molecule has 4 nitrogen and oxygen atoms in total. The number of ether oxygens (including phenoxy) is 1. The number of methoxy groups -OCH3 is 1. The van der Waals surface area contributed by atoms with Crippen molar-refractivity contribution < 1.29 is 4.74 Å². The van der Waals surface area contributed by atoms with Crippen LogP contribution >= 0.6 is 15.9 Å². The molecule has 0 radical (unpaired) electrons. The lowest BCUT2D eigenvalue weighted by Crippen LogP contribution is -1.95. The van der Waals surface area contributed by atoms with Crippen molar-refractivity contribution in [1.29, 1.82) is 0 Å². The molecule has 2 rings (SSSR count). The molecule has 0 saturated carbocycles. The number of halogens is 1. The molecule has 0 amide bonds. The highest BCUT2D eigenvalue weighted by Crippen LogP contribution is 2.20. The second-order valence-corrected chi connectivity index (χ2v) is 4.78. The van der Waals surface area contributed by atoms with Crippen LogP contribution in [0, 0.1) is 0 Å². The molecule has 5 heteroatoms. The van der Waals surface area contributed by atoms with E-state index in [1.165, 1.54) is 0 Å². The quantitative estimate of drug-likeness (QED) is 0.813. The van der Waals surface area contributed by atoms with Crippen molar-refractivity contribution in [2.45, 2.75) is 11.8 Å². The SMILES string of the molecule is COc1cccc(-n2cc(C(C)Br)nn2)c1. The summed E-state index contributed by atoms with van der Waals surface area (Å²) >= 11 is 3.46. The van der Waals surface area contributed by atoms with Crippen LogP contribution in [0.5, 0.6) is 5.75 Å².